The number of nitrogens with two attached hydrogens (primary N) is 1. The number of nitriles is 1. The number of fused-ring (bicyclic) bond motifs is 1. The largest absolute Gasteiger partial charge is 0.383 e. The fourth-order valence-corrected chi connectivity index (χ4v) is 6.85. The summed E-state index contributed by atoms with van der Waals surface area (Å²) in [6.45, 7) is 16.9. The van der Waals surface area contributed by atoms with Crippen molar-refractivity contribution in [3.63, 3.8) is 0 Å². The normalized spacial score (nSPS) is 18.5. The van der Waals surface area contributed by atoms with E-state index < -0.39 is 0 Å². The number of likely N-dealkylation sites (N-methyl/N-ethyl adjacent to an activating group) is 1. The maximum Gasteiger partial charge on any atom is 0.128 e. The van der Waals surface area contributed by atoms with Crippen molar-refractivity contribution in [1.29, 1.82) is 5.26 Å². The Morgan fingerprint density at radius 2 is 2.04 bits per heavy atom. The number of hydrogen-bond donors (Lipinski definition) is 2. The second kappa shape index (κ2) is 17.2. The number of piperidine rings is 1. The van der Waals surface area contributed by atoms with Gasteiger partial charge in [0.05, 0.1) is 35.8 Å². The number of nitrogens with one attached hydrogen (secondary N) is 1. The molecule has 0 bridgehead atoms. The molecule has 258 valence electrons. The summed E-state index contributed by atoms with van der Waals surface area (Å²) in [5.74, 6) is 2.68. The zero-order valence-corrected chi connectivity index (χ0v) is 29.6. The zero-order chi connectivity index (χ0) is 34.8. The fourth-order valence-electron chi connectivity index (χ4n) is 6.85. The topological polar surface area (TPSA) is 122 Å². The van der Waals surface area contributed by atoms with E-state index in [1.54, 1.807) is 6.21 Å². The van der Waals surface area contributed by atoms with Crippen molar-refractivity contribution in [3.8, 4) is 6.07 Å². The molecule has 5 heterocycles. The smallest absolute Gasteiger partial charge is 0.128 e. The molecule has 3 N–H and O–H groups in total. The van der Waals surface area contributed by atoms with Crippen LogP contribution in [0.3, 0.4) is 0 Å². The van der Waals surface area contributed by atoms with Gasteiger partial charge < -0.3 is 16.0 Å². The van der Waals surface area contributed by atoms with Crippen LogP contribution in [0.1, 0.15) is 68.0 Å². The number of pyridine rings is 2. The molecular weight excluding hydrogens is 608 g/mol. The van der Waals surface area contributed by atoms with Crippen LogP contribution in [-0.2, 0) is 0 Å². The molecule has 0 radical (unpaired) electrons. The first kappa shape index (κ1) is 35.7. The molecule has 0 spiro atoms. The van der Waals surface area contributed by atoms with E-state index >= 15 is 0 Å². The molecule has 2 aromatic rings. The Bertz CT molecular complexity index is 1630. The number of anilines is 1. The van der Waals surface area contributed by atoms with Gasteiger partial charge in [-0.1, -0.05) is 32.1 Å². The Balaban J connectivity index is 1.13. The lowest BCUT2D eigenvalue weighted by atomic mass is 9.95. The number of nitrogens with zero attached hydrogens (tertiary/aromatic N) is 8. The number of hydrazone groups is 1. The predicted molar refractivity (Wildman–Crippen MR) is 201 cm³/mol. The molecule has 0 aromatic carbocycles. The predicted octanol–water partition coefficient (Wildman–Crippen LogP) is 5.62. The van der Waals surface area contributed by atoms with Crippen LogP contribution in [-0.4, -0.2) is 84.8 Å². The molecule has 1 atom stereocenters. The van der Waals surface area contributed by atoms with Gasteiger partial charge in [0.25, 0.3) is 0 Å². The maximum atomic E-state index is 9.20. The number of aromatic nitrogens is 2. The number of hydrogen-bond acceptors (Lipinski definition) is 9. The van der Waals surface area contributed by atoms with Gasteiger partial charge in [-0.3, -0.25) is 19.9 Å². The fraction of sp³-hybridized carbons (Fsp3) is 0.462. The van der Waals surface area contributed by atoms with E-state index in [4.69, 9.17) is 20.7 Å². The van der Waals surface area contributed by atoms with Gasteiger partial charge in [-0.25, -0.2) is 4.98 Å². The first-order chi connectivity index (χ1) is 23.8. The number of rotatable bonds is 15. The second-order valence-corrected chi connectivity index (χ2v) is 13.5. The number of aryl methyl sites for hydroxylation is 1. The van der Waals surface area contributed by atoms with Crippen LogP contribution in [0.25, 0.3) is 5.57 Å². The van der Waals surface area contributed by atoms with Crippen LogP contribution in [0.2, 0.25) is 0 Å². The van der Waals surface area contributed by atoms with Crippen molar-refractivity contribution < 1.29 is 0 Å². The summed E-state index contributed by atoms with van der Waals surface area (Å²) in [5, 5.41) is 18.9. The van der Waals surface area contributed by atoms with Crippen LogP contribution in [0.15, 0.2) is 82.8 Å². The van der Waals surface area contributed by atoms with Crippen molar-refractivity contribution in [3.05, 3.63) is 95.1 Å². The third-order valence-electron chi connectivity index (χ3n) is 9.65. The highest BCUT2D eigenvalue weighted by atomic mass is 15.5. The summed E-state index contributed by atoms with van der Waals surface area (Å²) in [5.41, 5.74) is 13.4. The van der Waals surface area contributed by atoms with Crippen molar-refractivity contribution >= 4 is 23.4 Å². The van der Waals surface area contributed by atoms with Crippen molar-refractivity contribution in [2.75, 3.05) is 57.8 Å². The average Bonchev–Trinajstić information content (AvgIpc) is 3.54. The molecule has 10 nitrogen and oxygen atoms in total. The van der Waals surface area contributed by atoms with Crippen LogP contribution < -0.4 is 16.0 Å². The monoisotopic (exact) mass is 660 g/mol. The average molecular weight is 661 g/mol. The van der Waals surface area contributed by atoms with Crippen LogP contribution >= 0.6 is 0 Å². The minimum absolute atomic E-state index is 0.00541. The number of aliphatic imine (C=N–C) groups is 1. The van der Waals surface area contributed by atoms with Crippen molar-refractivity contribution in [1.82, 2.24) is 25.2 Å². The van der Waals surface area contributed by atoms with E-state index in [1.165, 1.54) is 11.1 Å². The van der Waals surface area contributed by atoms with Crippen LogP contribution in [0, 0.1) is 30.1 Å². The van der Waals surface area contributed by atoms with E-state index in [0.29, 0.717) is 29.8 Å². The zero-order valence-electron chi connectivity index (χ0n) is 29.6. The Hall–Kier alpha value is -4.59. The minimum atomic E-state index is 0.00541. The van der Waals surface area contributed by atoms with Gasteiger partial charge in [0.1, 0.15) is 17.7 Å². The SMILES string of the molecule is C=CC/C=C(/c1ccc(N2CCC(CN(CCN=C(N)c3cnc(C4CC=C5C=C(C#N)C=NN54)cc3C)CCNC)CC2)nc1)C(C)C. The Morgan fingerprint density at radius 3 is 2.71 bits per heavy atom. The highest BCUT2D eigenvalue weighted by Crippen LogP contribution is 2.36. The highest BCUT2D eigenvalue weighted by Gasteiger charge is 2.30. The lowest BCUT2D eigenvalue weighted by Gasteiger charge is -2.35. The standard InChI is InChI=1S/C39H52N10/c1-6-7-8-34(28(2)3)32-9-12-38(45-25-32)48-17-13-30(14-18-48)27-47(19-15-42-5)20-16-43-39(41)35-26-44-36(21-29(35)4)37-11-10-33-22-31(23-40)24-46-49(33)37/h6,8-10,12,21-22,24-26,28,30,37,42H,1,7,11,13-20,27H2,2-5H3,(H2,41,43)/b34-8+. The Kier molecular flexibility index (Phi) is 12.5. The molecule has 3 aliphatic heterocycles. The van der Waals surface area contributed by atoms with Gasteiger partial charge in [-0.05, 0) is 92.5 Å². The first-order valence-electron chi connectivity index (χ1n) is 17.6. The summed E-state index contributed by atoms with van der Waals surface area (Å²) in [6, 6.07) is 8.65. The molecule has 49 heavy (non-hydrogen) atoms. The number of allylic oxidation sites excluding steroid dienone is 5. The Labute approximate surface area is 292 Å². The molecule has 3 aliphatic rings. The Morgan fingerprint density at radius 1 is 1.22 bits per heavy atom. The lowest BCUT2D eigenvalue weighted by molar-refractivity contribution is 0.217. The molecule has 0 aliphatic carbocycles. The van der Waals surface area contributed by atoms with E-state index in [9.17, 15) is 5.26 Å². The summed E-state index contributed by atoms with van der Waals surface area (Å²) in [7, 11) is 2.00. The third-order valence-corrected chi connectivity index (χ3v) is 9.65. The highest BCUT2D eigenvalue weighted by molar-refractivity contribution is 5.98. The van der Waals surface area contributed by atoms with Crippen molar-refractivity contribution in [2.45, 2.75) is 52.5 Å². The first-order valence-corrected chi connectivity index (χ1v) is 17.6. The summed E-state index contributed by atoms with van der Waals surface area (Å²) >= 11 is 0. The molecule has 1 fully saturated rings. The van der Waals surface area contributed by atoms with Crippen LogP contribution in [0.4, 0.5) is 5.82 Å². The second-order valence-electron chi connectivity index (χ2n) is 13.5. The molecule has 5 rings (SSSR count). The maximum absolute atomic E-state index is 9.20. The molecule has 0 saturated carbocycles. The molecule has 10 heteroatoms. The van der Waals surface area contributed by atoms with Gasteiger partial charge in [-0.15, -0.1) is 6.58 Å². The number of amidine groups is 1. The summed E-state index contributed by atoms with van der Waals surface area (Å²) in [6.07, 6.45) is 17.6. The minimum Gasteiger partial charge on any atom is -0.383 e. The molecule has 1 unspecified atom stereocenters. The summed E-state index contributed by atoms with van der Waals surface area (Å²) in [4.78, 5) is 19.4. The molecule has 1 saturated heterocycles. The molecular formula is C39H52N10. The van der Waals surface area contributed by atoms with E-state index in [-0.39, 0.29) is 6.04 Å². The quantitative estimate of drug-likeness (QED) is 0.143. The third kappa shape index (κ3) is 9.11. The molecule has 0 amide bonds. The van der Waals surface area contributed by atoms with E-state index in [0.717, 1.165) is 93.3 Å². The van der Waals surface area contributed by atoms with Gasteiger partial charge in [0.2, 0.25) is 0 Å². The van der Waals surface area contributed by atoms with Gasteiger partial charge in [0.15, 0.2) is 0 Å². The lowest BCUT2D eigenvalue weighted by Crippen LogP contribution is -2.41. The van der Waals surface area contributed by atoms with E-state index in [1.807, 2.05) is 36.6 Å². The van der Waals surface area contributed by atoms with Gasteiger partial charge in [0, 0.05) is 57.2 Å². The van der Waals surface area contributed by atoms with Gasteiger partial charge in [-0.2, -0.15) is 10.4 Å². The van der Waals surface area contributed by atoms with Gasteiger partial charge >= 0.3 is 0 Å². The van der Waals surface area contributed by atoms with Crippen LogP contribution in [0.5, 0.6) is 0 Å². The molecule has 2 aromatic heterocycles. The summed E-state index contributed by atoms with van der Waals surface area (Å²) < 4.78 is 0. The van der Waals surface area contributed by atoms with Crippen molar-refractivity contribution in [2.24, 2.45) is 27.7 Å². The van der Waals surface area contributed by atoms with E-state index in [2.05, 4.69) is 84.0 Å².